The molecule has 1 aromatic heterocycles. The molecule has 0 saturated heterocycles. The Labute approximate surface area is 151 Å². The van der Waals surface area contributed by atoms with Gasteiger partial charge in [-0.15, -0.1) is 0 Å². The van der Waals surface area contributed by atoms with E-state index in [0.29, 0.717) is 12.2 Å². The first-order valence-electron chi connectivity index (χ1n) is 9.16. The first-order chi connectivity index (χ1) is 12.1. The van der Waals surface area contributed by atoms with E-state index in [2.05, 4.69) is 17.2 Å². The van der Waals surface area contributed by atoms with Crippen LogP contribution >= 0.6 is 0 Å². The number of carbonyl (C=O) groups is 1. The molecule has 4 heteroatoms. The lowest BCUT2D eigenvalue weighted by Crippen LogP contribution is -2.36. The molecular weight excluding hydrogens is 310 g/mol. The zero-order valence-electron chi connectivity index (χ0n) is 15.5. The van der Waals surface area contributed by atoms with Crippen molar-refractivity contribution in [1.82, 2.24) is 9.88 Å². The van der Waals surface area contributed by atoms with Gasteiger partial charge in [-0.1, -0.05) is 50.1 Å². The number of rotatable bonds is 9. The second-order valence-corrected chi connectivity index (χ2v) is 6.58. The van der Waals surface area contributed by atoms with Gasteiger partial charge < -0.3 is 10.2 Å². The average molecular weight is 339 g/mol. The molecule has 0 spiro atoms. The topological polar surface area (TPSA) is 45.2 Å². The Balaban J connectivity index is 2.01. The van der Waals surface area contributed by atoms with Crippen LogP contribution in [0.15, 0.2) is 48.7 Å². The first-order valence-corrected chi connectivity index (χ1v) is 9.16. The highest BCUT2D eigenvalue weighted by Gasteiger charge is 2.20. The van der Waals surface area contributed by atoms with E-state index in [9.17, 15) is 4.79 Å². The molecule has 0 bridgehead atoms. The van der Waals surface area contributed by atoms with E-state index < -0.39 is 0 Å². The molecule has 4 nitrogen and oxygen atoms in total. The summed E-state index contributed by atoms with van der Waals surface area (Å²) in [5, 5.41) is 3.35. The molecule has 2 aromatic rings. The molecule has 134 valence electrons. The maximum absolute atomic E-state index is 12.8. The van der Waals surface area contributed by atoms with Crippen LogP contribution in [0.1, 0.15) is 56.1 Å². The molecule has 0 aliphatic carbocycles. The minimum Gasteiger partial charge on any atom is -0.384 e. The fraction of sp³-hybridized carbons (Fsp3) is 0.429. The molecule has 2 rings (SSSR count). The minimum absolute atomic E-state index is 0.0311. The monoisotopic (exact) mass is 339 g/mol. The molecular formula is C21H29N3O. The summed E-state index contributed by atoms with van der Waals surface area (Å²) in [6.45, 7) is 7.79. The summed E-state index contributed by atoms with van der Waals surface area (Å²) in [6.07, 6.45) is 5.33. The van der Waals surface area contributed by atoms with Gasteiger partial charge in [0.05, 0.1) is 11.9 Å². The zero-order chi connectivity index (χ0) is 18.1. The Bertz CT molecular complexity index is 638. The summed E-state index contributed by atoms with van der Waals surface area (Å²) in [6, 6.07) is 13.9. The summed E-state index contributed by atoms with van der Waals surface area (Å²) >= 11 is 0. The molecule has 0 unspecified atom stereocenters. The van der Waals surface area contributed by atoms with Crippen LogP contribution in [-0.4, -0.2) is 28.4 Å². The number of hydrogen-bond donors (Lipinski definition) is 1. The summed E-state index contributed by atoms with van der Waals surface area (Å²) < 4.78 is 0. The van der Waals surface area contributed by atoms with E-state index in [1.165, 1.54) is 12.8 Å². The number of unbranched alkanes of at least 4 members (excludes halogenated alkanes) is 2. The van der Waals surface area contributed by atoms with Crippen molar-refractivity contribution in [2.45, 2.75) is 52.6 Å². The third-order valence-corrected chi connectivity index (χ3v) is 4.17. The van der Waals surface area contributed by atoms with E-state index in [0.717, 1.165) is 24.2 Å². The summed E-state index contributed by atoms with van der Waals surface area (Å²) in [4.78, 5) is 19.1. The van der Waals surface area contributed by atoms with Gasteiger partial charge in [0.1, 0.15) is 5.69 Å². The van der Waals surface area contributed by atoms with Crippen molar-refractivity contribution in [2.75, 3.05) is 11.9 Å². The van der Waals surface area contributed by atoms with Gasteiger partial charge in [-0.3, -0.25) is 4.79 Å². The highest BCUT2D eigenvalue weighted by atomic mass is 16.2. The quantitative estimate of drug-likeness (QED) is 0.672. The molecule has 0 aliphatic rings. The molecule has 1 N–H and O–H groups in total. The van der Waals surface area contributed by atoms with Gasteiger partial charge in [0.25, 0.3) is 5.91 Å². The Kier molecular flexibility index (Phi) is 7.45. The highest BCUT2D eigenvalue weighted by molar-refractivity contribution is 5.92. The second-order valence-electron chi connectivity index (χ2n) is 6.58. The normalized spacial score (nSPS) is 10.7. The smallest absolute Gasteiger partial charge is 0.272 e. The lowest BCUT2D eigenvalue weighted by molar-refractivity contribution is 0.0684. The standard InChI is InChI=1S/C21H29N3O/c1-4-5-9-14-22-19-12-13-20(23-15-19)21(25)24(17(2)3)16-18-10-7-6-8-11-18/h6-8,10-13,15,17,22H,4-5,9,14,16H2,1-3H3. The van der Waals surface area contributed by atoms with E-state index in [1.54, 1.807) is 6.20 Å². The molecule has 0 atom stereocenters. The second kappa shape index (κ2) is 9.82. The van der Waals surface area contributed by atoms with Crippen molar-refractivity contribution >= 4 is 11.6 Å². The van der Waals surface area contributed by atoms with E-state index in [4.69, 9.17) is 0 Å². The number of nitrogens with zero attached hydrogens (tertiary/aromatic N) is 2. The fourth-order valence-electron chi connectivity index (χ4n) is 2.65. The molecule has 0 fully saturated rings. The van der Waals surface area contributed by atoms with Crippen molar-refractivity contribution in [3.63, 3.8) is 0 Å². The minimum atomic E-state index is -0.0311. The number of pyridine rings is 1. The fourth-order valence-corrected chi connectivity index (χ4v) is 2.65. The number of hydrogen-bond acceptors (Lipinski definition) is 3. The predicted octanol–water partition coefficient (Wildman–Crippen LogP) is 4.73. The molecule has 1 aromatic carbocycles. The van der Waals surface area contributed by atoms with Crippen LogP contribution in [0.2, 0.25) is 0 Å². The van der Waals surface area contributed by atoms with Crippen LogP contribution in [0.3, 0.4) is 0 Å². The van der Waals surface area contributed by atoms with Gasteiger partial charge >= 0.3 is 0 Å². The van der Waals surface area contributed by atoms with Gasteiger partial charge in [-0.2, -0.15) is 0 Å². The van der Waals surface area contributed by atoms with Crippen LogP contribution in [0.5, 0.6) is 0 Å². The molecule has 0 radical (unpaired) electrons. The Morgan fingerprint density at radius 2 is 1.88 bits per heavy atom. The van der Waals surface area contributed by atoms with Crippen LogP contribution in [0.25, 0.3) is 0 Å². The third-order valence-electron chi connectivity index (χ3n) is 4.17. The van der Waals surface area contributed by atoms with E-state index in [-0.39, 0.29) is 11.9 Å². The van der Waals surface area contributed by atoms with Gasteiger partial charge in [0.15, 0.2) is 0 Å². The first kappa shape index (κ1) is 19.0. The molecule has 0 saturated carbocycles. The largest absolute Gasteiger partial charge is 0.384 e. The highest BCUT2D eigenvalue weighted by Crippen LogP contribution is 2.14. The van der Waals surface area contributed by atoms with Crippen molar-refractivity contribution in [2.24, 2.45) is 0 Å². The van der Waals surface area contributed by atoms with Crippen LogP contribution < -0.4 is 5.32 Å². The van der Waals surface area contributed by atoms with Gasteiger partial charge in [-0.25, -0.2) is 4.98 Å². The predicted molar refractivity (Wildman–Crippen MR) is 104 cm³/mol. The van der Waals surface area contributed by atoms with Crippen LogP contribution in [0, 0.1) is 0 Å². The number of amides is 1. The number of carbonyl (C=O) groups excluding carboxylic acids is 1. The van der Waals surface area contributed by atoms with Crippen molar-refractivity contribution in [3.8, 4) is 0 Å². The lowest BCUT2D eigenvalue weighted by atomic mass is 10.1. The number of anilines is 1. The number of aromatic nitrogens is 1. The van der Waals surface area contributed by atoms with Crippen molar-refractivity contribution in [3.05, 3.63) is 59.9 Å². The Hall–Kier alpha value is -2.36. The summed E-state index contributed by atoms with van der Waals surface area (Å²) in [5.41, 5.74) is 2.58. The van der Waals surface area contributed by atoms with Crippen LogP contribution in [-0.2, 0) is 6.54 Å². The van der Waals surface area contributed by atoms with Gasteiger partial charge in [0, 0.05) is 19.1 Å². The Morgan fingerprint density at radius 1 is 1.12 bits per heavy atom. The molecule has 0 aliphatic heterocycles. The van der Waals surface area contributed by atoms with Crippen molar-refractivity contribution < 1.29 is 4.79 Å². The molecule has 1 heterocycles. The average Bonchev–Trinajstić information content (AvgIpc) is 2.64. The summed E-state index contributed by atoms with van der Waals surface area (Å²) in [7, 11) is 0. The van der Waals surface area contributed by atoms with E-state index in [1.807, 2.05) is 61.2 Å². The van der Waals surface area contributed by atoms with Gasteiger partial charge in [-0.05, 0) is 38.0 Å². The Morgan fingerprint density at radius 3 is 2.48 bits per heavy atom. The summed E-state index contributed by atoms with van der Waals surface area (Å²) in [5.74, 6) is -0.0311. The molecule has 1 amide bonds. The van der Waals surface area contributed by atoms with Crippen LogP contribution in [0.4, 0.5) is 5.69 Å². The zero-order valence-corrected chi connectivity index (χ0v) is 15.5. The van der Waals surface area contributed by atoms with E-state index >= 15 is 0 Å². The van der Waals surface area contributed by atoms with Gasteiger partial charge in [0.2, 0.25) is 0 Å². The maximum Gasteiger partial charge on any atom is 0.272 e. The lowest BCUT2D eigenvalue weighted by Gasteiger charge is -2.26. The maximum atomic E-state index is 12.8. The molecule has 25 heavy (non-hydrogen) atoms. The number of nitrogens with one attached hydrogen (secondary N) is 1. The van der Waals surface area contributed by atoms with Crippen molar-refractivity contribution in [1.29, 1.82) is 0 Å². The number of benzene rings is 1. The third kappa shape index (κ3) is 5.89. The SMILES string of the molecule is CCCCCNc1ccc(C(=O)N(Cc2ccccc2)C(C)C)nc1.